The second-order valence-electron chi connectivity index (χ2n) is 3.53. The highest BCUT2D eigenvalue weighted by atomic mass is 16.6. The van der Waals surface area contributed by atoms with E-state index in [9.17, 15) is 19.7 Å². The number of hydrogen-bond donors (Lipinski definition) is 0. The second-order valence-corrected chi connectivity index (χ2v) is 3.53. The average Bonchev–Trinajstić information content (AvgIpc) is 2.38. The second kappa shape index (κ2) is 6.34. The van der Waals surface area contributed by atoms with Crippen LogP contribution >= 0.6 is 0 Å². The van der Waals surface area contributed by atoms with Gasteiger partial charge in [0.15, 0.2) is 5.78 Å². The molecule has 0 aliphatic heterocycles. The van der Waals surface area contributed by atoms with E-state index in [0.717, 1.165) is 7.11 Å². The molecule has 8 nitrogen and oxygen atoms in total. The van der Waals surface area contributed by atoms with E-state index in [1.165, 1.54) is 31.2 Å². The summed E-state index contributed by atoms with van der Waals surface area (Å²) in [5.41, 5.74) is 0.204. The molecule has 19 heavy (non-hydrogen) atoms. The van der Waals surface area contributed by atoms with Gasteiger partial charge in [-0.15, -0.1) is 0 Å². The van der Waals surface area contributed by atoms with Crippen LogP contribution in [-0.4, -0.2) is 29.8 Å². The van der Waals surface area contributed by atoms with Crippen LogP contribution in [0.15, 0.2) is 34.5 Å². The molecule has 0 N–H and O–H groups in total. The van der Waals surface area contributed by atoms with Crippen molar-refractivity contribution in [3.63, 3.8) is 0 Å². The van der Waals surface area contributed by atoms with Crippen LogP contribution in [0.4, 0.5) is 11.4 Å². The van der Waals surface area contributed by atoms with E-state index in [2.05, 4.69) is 15.0 Å². The zero-order chi connectivity index (χ0) is 14.4. The molecule has 100 valence electrons. The molecule has 0 spiro atoms. The van der Waals surface area contributed by atoms with Crippen molar-refractivity contribution in [1.82, 2.24) is 0 Å². The average molecular weight is 265 g/mol. The molecule has 0 fully saturated rings. The van der Waals surface area contributed by atoms with E-state index < -0.39 is 22.7 Å². The predicted octanol–water partition coefficient (Wildman–Crippen LogP) is 1.81. The normalized spacial score (nSPS) is 12.1. The van der Waals surface area contributed by atoms with E-state index in [1.807, 2.05) is 0 Å². The van der Waals surface area contributed by atoms with Gasteiger partial charge in [0.1, 0.15) is 0 Å². The fourth-order valence-corrected chi connectivity index (χ4v) is 1.17. The Morgan fingerprint density at radius 3 is 2.32 bits per heavy atom. The Kier molecular flexibility index (Phi) is 4.81. The van der Waals surface area contributed by atoms with Crippen LogP contribution in [0.5, 0.6) is 0 Å². The van der Waals surface area contributed by atoms with Gasteiger partial charge in [-0.3, -0.25) is 14.9 Å². The van der Waals surface area contributed by atoms with Gasteiger partial charge >= 0.3 is 5.97 Å². The van der Waals surface area contributed by atoms with Crippen LogP contribution in [0.3, 0.4) is 0 Å². The van der Waals surface area contributed by atoms with Crippen LogP contribution in [0, 0.1) is 10.1 Å². The number of nitrogens with zero attached hydrogens (tertiary/aromatic N) is 3. The van der Waals surface area contributed by atoms with Gasteiger partial charge in [-0.25, -0.2) is 4.79 Å². The molecule has 0 aromatic heterocycles. The van der Waals surface area contributed by atoms with Crippen molar-refractivity contribution >= 4 is 23.1 Å². The third kappa shape index (κ3) is 3.95. The topological polar surface area (TPSA) is 111 Å². The molecule has 0 bridgehead atoms. The van der Waals surface area contributed by atoms with Crippen molar-refractivity contribution in [2.45, 2.75) is 13.0 Å². The number of nitro benzene ring substituents is 1. The molecular formula is C11H11N3O5. The summed E-state index contributed by atoms with van der Waals surface area (Å²) in [5, 5.41) is 17.7. The van der Waals surface area contributed by atoms with Crippen molar-refractivity contribution in [3.05, 3.63) is 34.4 Å². The molecule has 0 aliphatic rings. The van der Waals surface area contributed by atoms with Gasteiger partial charge < -0.3 is 4.74 Å². The molecule has 0 radical (unpaired) electrons. The van der Waals surface area contributed by atoms with E-state index in [-0.39, 0.29) is 5.69 Å². The largest absolute Gasteiger partial charge is 0.467 e. The van der Waals surface area contributed by atoms with E-state index >= 15 is 0 Å². The summed E-state index contributed by atoms with van der Waals surface area (Å²) < 4.78 is 4.41. The quantitative estimate of drug-likeness (QED) is 0.265. The summed E-state index contributed by atoms with van der Waals surface area (Å²) in [5.74, 6) is -1.31. The first-order valence-corrected chi connectivity index (χ1v) is 5.19. The van der Waals surface area contributed by atoms with Gasteiger partial charge in [0.25, 0.3) is 5.69 Å². The molecule has 1 atom stereocenters. The Balaban J connectivity index is 2.87. The number of rotatable bonds is 5. The number of benzene rings is 1. The monoisotopic (exact) mass is 265 g/mol. The minimum atomic E-state index is -1.32. The van der Waals surface area contributed by atoms with Gasteiger partial charge in [0, 0.05) is 12.1 Å². The van der Waals surface area contributed by atoms with Gasteiger partial charge in [-0.05, 0) is 19.1 Å². The fourth-order valence-electron chi connectivity index (χ4n) is 1.17. The van der Waals surface area contributed by atoms with Crippen molar-refractivity contribution in [1.29, 1.82) is 0 Å². The van der Waals surface area contributed by atoms with Crippen molar-refractivity contribution in [2.75, 3.05) is 7.11 Å². The van der Waals surface area contributed by atoms with Gasteiger partial charge in [-0.1, -0.05) is 0 Å². The maximum atomic E-state index is 11.2. The molecule has 1 rings (SSSR count). The third-order valence-electron chi connectivity index (χ3n) is 2.16. The van der Waals surface area contributed by atoms with Crippen molar-refractivity contribution in [2.24, 2.45) is 10.2 Å². The molecule has 0 aliphatic carbocycles. The number of nitro groups is 1. The lowest BCUT2D eigenvalue weighted by Gasteiger charge is -2.04. The molecule has 8 heteroatoms. The third-order valence-corrected chi connectivity index (χ3v) is 2.16. The first kappa shape index (κ1) is 14.4. The molecule has 0 saturated heterocycles. The molecular weight excluding hydrogens is 254 g/mol. The zero-order valence-corrected chi connectivity index (χ0v) is 10.3. The number of hydrogen-bond acceptors (Lipinski definition) is 7. The maximum Gasteiger partial charge on any atom is 0.340 e. The minimum Gasteiger partial charge on any atom is -0.467 e. The summed E-state index contributed by atoms with van der Waals surface area (Å²) in [4.78, 5) is 32.3. The summed E-state index contributed by atoms with van der Waals surface area (Å²) in [6, 6.07) is 3.89. The molecule has 1 aromatic rings. The number of carbonyl (C=O) groups excluding carboxylic acids is 2. The van der Waals surface area contributed by atoms with Crippen LogP contribution in [0.25, 0.3) is 0 Å². The van der Waals surface area contributed by atoms with Crippen molar-refractivity contribution in [3.8, 4) is 0 Å². The highest BCUT2D eigenvalue weighted by molar-refractivity contribution is 6.01. The minimum absolute atomic E-state index is 0.0879. The Morgan fingerprint density at radius 2 is 1.89 bits per heavy atom. The Bertz CT molecular complexity index is 524. The zero-order valence-electron chi connectivity index (χ0n) is 10.3. The lowest BCUT2D eigenvalue weighted by Crippen LogP contribution is -2.26. The fraction of sp³-hybridized carbons (Fsp3) is 0.273. The maximum absolute atomic E-state index is 11.2. The summed E-state index contributed by atoms with van der Waals surface area (Å²) >= 11 is 0. The Morgan fingerprint density at radius 1 is 1.32 bits per heavy atom. The number of Topliss-reactive ketones (excluding diaryl/α,β-unsaturated/α-hetero) is 1. The van der Waals surface area contributed by atoms with Crippen LogP contribution in [0.2, 0.25) is 0 Å². The number of ether oxygens (including phenoxy) is 1. The lowest BCUT2D eigenvalue weighted by molar-refractivity contribution is -0.384. The first-order valence-electron chi connectivity index (χ1n) is 5.19. The number of ketones is 1. The Labute approximate surface area is 108 Å². The predicted molar refractivity (Wildman–Crippen MR) is 64.1 cm³/mol. The lowest BCUT2D eigenvalue weighted by atomic mass is 10.2. The summed E-state index contributed by atoms with van der Waals surface area (Å²) in [7, 11) is 1.14. The number of esters is 1. The number of non-ortho nitro benzene ring substituents is 1. The van der Waals surface area contributed by atoms with Crippen LogP contribution in [-0.2, 0) is 14.3 Å². The molecule has 0 heterocycles. The number of carbonyl (C=O) groups is 2. The van der Waals surface area contributed by atoms with Gasteiger partial charge in [0.2, 0.25) is 6.04 Å². The molecule has 0 amide bonds. The van der Waals surface area contributed by atoms with Crippen LogP contribution in [0.1, 0.15) is 6.92 Å². The molecule has 1 aromatic carbocycles. The highest BCUT2D eigenvalue weighted by Crippen LogP contribution is 2.18. The summed E-state index contributed by atoms with van der Waals surface area (Å²) in [6.07, 6.45) is 0. The summed E-state index contributed by atoms with van der Waals surface area (Å²) in [6.45, 7) is 1.19. The standard InChI is InChI=1S/C11H11N3O5/c1-7(15)10(11(16)19-2)13-12-8-3-5-9(6-4-8)14(17)18/h3-6,10H,1-2H3/t10-/m1/s1. The van der Waals surface area contributed by atoms with E-state index in [4.69, 9.17) is 0 Å². The molecule has 0 saturated carbocycles. The first-order chi connectivity index (χ1) is 8.95. The van der Waals surface area contributed by atoms with E-state index in [1.54, 1.807) is 0 Å². The number of azo groups is 1. The smallest absolute Gasteiger partial charge is 0.340 e. The van der Waals surface area contributed by atoms with Gasteiger partial charge in [0.05, 0.1) is 17.7 Å². The molecule has 0 unspecified atom stereocenters. The van der Waals surface area contributed by atoms with Crippen LogP contribution < -0.4 is 0 Å². The highest BCUT2D eigenvalue weighted by Gasteiger charge is 2.23. The SMILES string of the molecule is COC(=O)[C@H](N=Nc1ccc([N+](=O)[O-])cc1)C(C)=O. The Hall–Kier alpha value is -2.64. The number of methoxy groups -OCH3 is 1. The van der Waals surface area contributed by atoms with E-state index in [0.29, 0.717) is 5.69 Å². The van der Waals surface area contributed by atoms with Gasteiger partial charge in [-0.2, -0.15) is 10.2 Å². The van der Waals surface area contributed by atoms with Crippen molar-refractivity contribution < 1.29 is 19.2 Å².